The number of fused-ring (bicyclic) bond motifs is 1. The first-order valence-corrected chi connectivity index (χ1v) is 6.49. The molecule has 0 amide bonds. The summed E-state index contributed by atoms with van der Waals surface area (Å²) in [6, 6.07) is 17.3. The van der Waals surface area contributed by atoms with E-state index in [1.54, 1.807) is 31.4 Å². The van der Waals surface area contributed by atoms with Crippen LogP contribution in [0.5, 0.6) is 5.75 Å². The van der Waals surface area contributed by atoms with Crippen molar-refractivity contribution in [2.24, 2.45) is 0 Å². The Morgan fingerprint density at radius 1 is 1.05 bits per heavy atom. The normalized spacial score (nSPS) is 10.7. The van der Waals surface area contributed by atoms with Gasteiger partial charge in [0, 0.05) is 17.3 Å². The average Bonchev–Trinajstić information content (AvgIpc) is 2.91. The molecule has 0 aliphatic carbocycles. The molecular formula is C17H15NO2. The maximum Gasteiger partial charge on any atom is 0.182 e. The number of Topliss-reactive ketones (excluding diaryl/α,β-unsaturated/α-hetero) is 1. The minimum atomic E-state index is 0.0917. The number of benzene rings is 2. The minimum Gasteiger partial charge on any atom is -0.497 e. The van der Waals surface area contributed by atoms with Crippen LogP contribution in [-0.4, -0.2) is 17.5 Å². The number of carbonyl (C=O) groups is 1. The first-order valence-electron chi connectivity index (χ1n) is 6.49. The summed E-state index contributed by atoms with van der Waals surface area (Å²) in [4.78, 5) is 12.3. The molecule has 0 radical (unpaired) electrons. The van der Waals surface area contributed by atoms with Gasteiger partial charge < -0.3 is 9.30 Å². The van der Waals surface area contributed by atoms with E-state index in [1.807, 2.05) is 41.1 Å². The summed E-state index contributed by atoms with van der Waals surface area (Å²) < 4.78 is 7.07. The van der Waals surface area contributed by atoms with Crippen molar-refractivity contribution in [2.45, 2.75) is 6.54 Å². The Labute approximate surface area is 117 Å². The molecule has 0 bridgehead atoms. The number of hydrogen-bond acceptors (Lipinski definition) is 2. The van der Waals surface area contributed by atoms with Crippen LogP contribution in [0.25, 0.3) is 10.9 Å². The predicted octanol–water partition coefficient (Wildman–Crippen LogP) is 3.53. The molecule has 3 heteroatoms. The van der Waals surface area contributed by atoms with E-state index in [1.165, 1.54) is 0 Å². The van der Waals surface area contributed by atoms with Crippen LogP contribution in [0.2, 0.25) is 0 Å². The fourth-order valence-electron chi connectivity index (χ4n) is 2.30. The SMILES string of the molecule is COc1ccc(C(=O)Cn2ccc3ccccc32)cc1. The molecule has 0 aliphatic rings. The summed E-state index contributed by atoms with van der Waals surface area (Å²) in [5, 5.41) is 1.15. The lowest BCUT2D eigenvalue weighted by molar-refractivity contribution is 0.0973. The van der Waals surface area contributed by atoms with E-state index in [-0.39, 0.29) is 5.78 Å². The summed E-state index contributed by atoms with van der Waals surface area (Å²) in [7, 11) is 1.61. The van der Waals surface area contributed by atoms with Gasteiger partial charge in [0.25, 0.3) is 0 Å². The van der Waals surface area contributed by atoms with E-state index in [2.05, 4.69) is 0 Å². The molecule has 100 valence electrons. The van der Waals surface area contributed by atoms with Crippen molar-refractivity contribution < 1.29 is 9.53 Å². The largest absolute Gasteiger partial charge is 0.497 e. The summed E-state index contributed by atoms with van der Waals surface area (Å²) in [6.45, 7) is 0.347. The molecule has 0 saturated heterocycles. The van der Waals surface area contributed by atoms with Gasteiger partial charge in [-0.15, -0.1) is 0 Å². The number of carbonyl (C=O) groups excluding carboxylic acids is 1. The maximum atomic E-state index is 12.3. The second-order valence-corrected chi connectivity index (χ2v) is 4.65. The zero-order valence-corrected chi connectivity index (χ0v) is 11.2. The summed E-state index contributed by atoms with van der Waals surface area (Å²) in [5.74, 6) is 0.849. The Hall–Kier alpha value is -2.55. The molecule has 0 fully saturated rings. The number of rotatable bonds is 4. The monoisotopic (exact) mass is 265 g/mol. The second-order valence-electron chi connectivity index (χ2n) is 4.65. The van der Waals surface area contributed by atoms with Crippen LogP contribution in [0, 0.1) is 0 Å². The topological polar surface area (TPSA) is 31.2 Å². The summed E-state index contributed by atoms with van der Waals surface area (Å²) in [5.41, 5.74) is 1.78. The number of ether oxygens (including phenoxy) is 1. The fourth-order valence-corrected chi connectivity index (χ4v) is 2.30. The zero-order valence-electron chi connectivity index (χ0n) is 11.2. The van der Waals surface area contributed by atoms with Gasteiger partial charge in [-0.3, -0.25) is 4.79 Å². The standard InChI is InChI=1S/C17H15NO2/c1-20-15-8-6-14(7-9-15)17(19)12-18-11-10-13-4-2-3-5-16(13)18/h2-11H,12H2,1H3. The molecule has 0 atom stereocenters. The lowest BCUT2D eigenvalue weighted by atomic mass is 10.1. The highest BCUT2D eigenvalue weighted by molar-refractivity contribution is 5.97. The van der Waals surface area contributed by atoms with Gasteiger partial charge in [-0.25, -0.2) is 0 Å². The first-order chi connectivity index (χ1) is 9.78. The van der Waals surface area contributed by atoms with Gasteiger partial charge in [0.05, 0.1) is 13.7 Å². The van der Waals surface area contributed by atoms with Crippen LogP contribution in [0.4, 0.5) is 0 Å². The van der Waals surface area contributed by atoms with Crippen LogP contribution >= 0.6 is 0 Å². The number of nitrogens with zero attached hydrogens (tertiary/aromatic N) is 1. The molecule has 3 rings (SSSR count). The molecule has 0 saturated carbocycles. The quantitative estimate of drug-likeness (QED) is 0.676. The van der Waals surface area contributed by atoms with Gasteiger partial charge in [0.15, 0.2) is 5.78 Å². The molecule has 0 spiro atoms. The van der Waals surface area contributed by atoms with Crippen molar-refractivity contribution in [3.8, 4) is 5.75 Å². The number of ketones is 1. The van der Waals surface area contributed by atoms with E-state index < -0.39 is 0 Å². The molecule has 1 heterocycles. The smallest absolute Gasteiger partial charge is 0.182 e. The Kier molecular flexibility index (Phi) is 3.25. The Morgan fingerprint density at radius 3 is 2.55 bits per heavy atom. The number of methoxy groups -OCH3 is 1. The number of para-hydroxylation sites is 1. The van der Waals surface area contributed by atoms with Crippen molar-refractivity contribution in [3.63, 3.8) is 0 Å². The van der Waals surface area contributed by atoms with Crippen LogP contribution in [0.15, 0.2) is 60.8 Å². The first kappa shape index (κ1) is 12.5. The second kappa shape index (κ2) is 5.21. The number of aromatic nitrogens is 1. The van der Waals surface area contributed by atoms with Crippen molar-refractivity contribution in [2.75, 3.05) is 7.11 Å². The van der Waals surface area contributed by atoms with Crippen molar-refractivity contribution in [1.29, 1.82) is 0 Å². The summed E-state index contributed by atoms with van der Waals surface area (Å²) in [6.07, 6.45) is 1.95. The van der Waals surface area contributed by atoms with Gasteiger partial charge in [0.1, 0.15) is 5.75 Å². The van der Waals surface area contributed by atoms with E-state index in [9.17, 15) is 4.79 Å². The van der Waals surface area contributed by atoms with E-state index in [0.29, 0.717) is 12.1 Å². The van der Waals surface area contributed by atoms with Crippen molar-refractivity contribution in [1.82, 2.24) is 4.57 Å². The summed E-state index contributed by atoms with van der Waals surface area (Å²) >= 11 is 0. The highest BCUT2D eigenvalue weighted by Gasteiger charge is 2.08. The highest BCUT2D eigenvalue weighted by atomic mass is 16.5. The van der Waals surface area contributed by atoms with Gasteiger partial charge in [-0.1, -0.05) is 18.2 Å². The highest BCUT2D eigenvalue weighted by Crippen LogP contribution is 2.17. The molecule has 3 nitrogen and oxygen atoms in total. The molecular weight excluding hydrogens is 250 g/mol. The third kappa shape index (κ3) is 2.30. The Balaban J connectivity index is 1.84. The van der Waals surface area contributed by atoms with Crippen LogP contribution in [0.3, 0.4) is 0 Å². The minimum absolute atomic E-state index is 0.0917. The lowest BCUT2D eigenvalue weighted by Gasteiger charge is -2.06. The Bertz CT molecular complexity index is 741. The van der Waals surface area contributed by atoms with E-state index >= 15 is 0 Å². The van der Waals surface area contributed by atoms with Crippen molar-refractivity contribution >= 4 is 16.7 Å². The van der Waals surface area contributed by atoms with Crippen molar-refractivity contribution in [3.05, 3.63) is 66.4 Å². The van der Waals surface area contributed by atoms with Gasteiger partial charge in [-0.05, 0) is 41.8 Å². The predicted molar refractivity (Wildman–Crippen MR) is 79.3 cm³/mol. The van der Waals surface area contributed by atoms with Gasteiger partial charge in [0.2, 0.25) is 0 Å². The average molecular weight is 265 g/mol. The lowest BCUT2D eigenvalue weighted by Crippen LogP contribution is -2.09. The van der Waals surface area contributed by atoms with Gasteiger partial charge in [-0.2, -0.15) is 0 Å². The van der Waals surface area contributed by atoms with E-state index in [4.69, 9.17) is 4.74 Å². The van der Waals surface area contributed by atoms with Crippen LogP contribution in [0.1, 0.15) is 10.4 Å². The van der Waals surface area contributed by atoms with Gasteiger partial charge >= 0.3 is 0 Å². The molecule has 0 aliphatic heterocycles. The molecule has 20 heavy (non-hydrogen) atoms. The third-order valence-electron chi connectivity index (χ3n) is 3.41. The zero-order chi connectivity index (χ0) is 13.9. The molecule has 0 unspecified atom stereocenters. The number of hydrogen-bond donors (Lipinski definition) is 0. The molecule has 1 aromatic heterocycles. The molecule has 2 aromatic carbocycles. The fraction of sp³-hybridized carbons (Fsp3) is 0.118. The Morgan fingerprint density at radius 2 is 1.80 bits per heavy atom. The van der Waals surface area contributed by atoms with E-state index in [0.717, 1.165) is 16.7 Å². The molecule has 0 N–H and O–H groups in total. The third-order valence-corrected chi connectivity index (χ3v) is 3.41. The van der Waals surface area contributed by atoms with Crippen LogP contribution in [-0.2, 0) is 6.54 Å². The van der Waals surface area contributed by atoms with Crippen LogP contribution < -0.4 is 4.74 Å². The maximum absolute atomic E-state index is 12.3. The molecule has 3 aromatic rings.